The number of ether oxygens (including phenoxy) is 1. The summed E-state index contributed by atoms with van der Waals surface area (Å²) >= 11 is 0. The van der Waals surface area contributed by atoms with E-state index in [1.165, 1.54) is 12.1 Å². The molecule has 16 heavy (non-hydrogen) atoms. The SMILES string of the molecule is COC(C)CNC(=O)c1ccc(N)cc1F. The molecular weight excluding hydrogens is 211 g/mol. The third-order valence-electron chi connectivity index (χ3n) is 2.19. The Hall–Kier alpha value is -1.62. The molecule has 1 rings (SSSR count). The highest BCUT2D eigenvalue weighted by atomic mass is 19.1. The summed E-state index contributed by atoms with van der Waals surface area (Å²) in [5.41, 5.74) is 5.65. The van der Waals surface area contributed by atoms with Crippen LogP contribution in [-0.2, 0) is 4.74 Å². The van der Waals surface area contributed by atoms with E-state index >= 15 is 0 Å². The molecule has 1 aromatic carbocycles. The van der Waals surface area contributed by atoms with E-state index in [9.17, 15) is 9.18 Å². The summed E-state index contributed by atoms with van der Waals surface area (Å²) in [7, 11) is 1.54. The van der Waals surface area contributed by atoms with Crippen LogP contribution in [0.5, 0.6) is 0 Å². The quantitative estimate of drug-likeness (QED) is 0.757. The summed E-state index contributed by atoms with van der Waals surface area (Å²) in [6, 6.07) is 3.96. The Kier molecular flexibility index (Phi) is 4.25. The summed E-state index contributed by atoms with van der Waals surface area (Å²) in [4.78, 5) is 11.5. The van der Waals surface area contributed by atoms with Gasteiger partial charge in [-0.1, -0.05) is 0 Å². The smallest absolute Gasteiger partial charge is 0.254 e. The molecule has 0 aliphatic rings. The average molecular weight is 226 g/mol. The van der Waals surface area contributed by atoms with Gasteiger partial charge < -0.3 is 15.8 Å². The minimum Gasteiger partial charge on any atom is -0.399 e. The van der Waals surface area contributed by atoms with Crippen molar-refractivity contribution < 1.29 is 13.9 Å². The van der Waals surface area contributed by atoms with Gasteiger partial charge in [-0.15, -0.1) is 0 Å². The van der Waals surface area contributed by atoms with Crippen LogP contribution in [0, 0.1) is 5.82 Å². The normalized spacial score (nSPS) is 12.2. The molecule has 88 valence electrons. The fourth-order valence-electron chi connectivity index (χ4n) is 1.13. The minimum atomic E-state index is -0.623. The summed E-state index contributed by atoms with van der Waals surface area (Å²) in [6.45, 7) is 2.14. The highest BCUT2D eigenvalue weighted by Crippen LogP contribution is 2.11. The number of hydrogen-bond acceptors (Lipinski definition) is 3. The van der Waals surface area contributed by atoms with Gasteiger partial charge in [-0.25, -0.2) is 4.39 Å². The van der Waals surface area contributed by atoms with Crippen LogP contribution in [0.25, 0.3) is 0 Å². The van der Waals surface area contributed by atoms with E-state index < -0.39 is 11.7 Å². The van der Waals surface area contributed by atoms with E-state index in [1.54, 1.807) is 14.0 Å². The first kappa shape index (κ1) is 12.4. The second-order valence-electron chi connectivity index (χ2n) is 3.50. The monoisotopic (exact) mass is 226 g/mol. The molecule has 5 heteroatoms. The number of anilines is 1. The van der Waals surface area contributed by atoms with Gasteiger partial charge in [-0.3, -0.25) is 4.79 Å². The highest BCUT2D eigenvalue weighted by Gasteiger charge is 2.12. The first-order chi connectivity index (χ1) is 7.54. The van der Waals surface area contributed by atoms with Gasteiger partial charge in [-0.2, -0.15) is 0 Å². The van der Waals surface area contributed by atoms with Gasteiger partial charge >= 0.3 is 0 Å². The maximum absolute atomic E-state index is 13.3. The fraction of sp³-hybridized carbons (Fsp3) is 0.364. The Bertz CT molecular complexity index is 382. The molecule has 1 unspecified atom stereocenters. The number of hydrogen-bond donors (Lipinski definition) is 2. The molecule has 0 radical (unpaired) electrons. The van der Waals surface area contributed by atoms with E-state index in [4.69, 9.17) is 10.5 Å². The topological polar surface area (TPSA) is 64.3 Å². The number of amides is 1. The molecule has 0 heterocycles. The Morgan fingerprint density at radius 3 is 2.88 bits per heavy atom. The Morgan fingerprint density at radius 2 is 2.31 bits per heavy atom. The number of methoxy groups -OCH3 is 1. The number of nitrogens with one attached hydrogen (secondary N) is 1. The average Bonchev–Trinajstić information content (AvgIpc) is 2.25. The van der Waals surface area contributed by atoms with Crippen LogP contribution in [0.15, 0.2) is 18.2 Å². The molecule has 1 amide bonds. The lowest BCUT2D eigenvalue weighted by atomic mass is 10.2. The van der Waals surface area contributed by atoms with Gasteiger partial charge in [0.05, 0.1) is 11.7 Å². The van der Waals surface area contributed by atoms with Gasteiger partial charge in [0.15, 0.2) is 0 Å². The number of nitrogen functional groups attached to an aromatic ring is 1. The van der Waals surface area contributed by atoms with E-state index in [-0.39, 0.29) is 11.7 Å². The predicted octanol–water partition coefficient (Wildman–Crippen LogP) is 1.17. The molecule has 0 spiro atoms. The van der Waals surface area contributed by atoms with Crippen molar-refractivity contribution in [3.63, 3.8) is 0 Å². The zero-order valence-corrected chi connectivity index (χ0v) is 9.29. The molecule has 1 atom stereocenters. The predicted molar refractivity (Wildman–Crippen MR) is 59.6 cm³/mol. The summed E-state index contributed by atoms with van der Waals surface area (Å²) in [5.74, 6) is -1.09. The minimum absolute atomic E-state index is 0.0162. The van der Waals surface area contributed by atoms with Crippen LogP contribution in [0.1, 0.15) is 17.3 Å². The van der Waals surface area contributed by atoms with Gasteiger partial charge in [-0.05, 0) is 25.1 Å². The molecule has 0 bridgehead atoms. The molecule has 1 aromatic rings. The number of rotatable bonds is 4. The van der Waals surface area contributed by atoms with Crippen molar-refractivity contribution in [2.24, 2.45) is 0 Å². The van der Waals surface area contributed by atoms with E-state index in [0.29, 0.717) is 12.2 Å². The van der Waals surface area contributed by atoms with Gasteiger partial charge in [0, 0.05) is 19.3 Å². The number of nitrogens with two attached hydrogens (primary N) is 1. The van der Waals surface area contributed by atoms with E-state index in [2.05, 4.69) is 5.32 Å². The molecule has 0 aliphatic heterocycles. The zero-order valence-electron chi connectivity index (χ0n) is 9.29. The summed E-state index contributed by atoms with van der Waals surface area (Å²) < 4.78 is 18.3. The Balaban J connectivity index is 2.66. The van der Waals surface area contributed by atoms with Crippen LogP contribution in [0.3, 0.4) is 0 Å². The van der Waals surface area contributed by atoms with Gasteiger partial charge in [0.25, 0.3) is 5.91 Å². The second kappa shape index (κ2) is 5.46. The molecule has 0 fully saturated rings. The second-order valence-corrected chi connectivity index (χ2v) is 3.50. The molecule has 4 nitrogen and oxygen atoms in total. The number of carbonyl (C=O) groups is 1. The molecule has 3 N–H and O–H groups in total. The molecule has 0 saturated heterocycles. The Morgan fingerprint density at radius 1 is 1.62 bits per heavy atom. The van der Waals surface area contributed by atoms with Crippen LogP contribution in [0.2, 0.25) is 0 Å². The van der Waals surface area contributed by atoms with Crippen molar-refractivity contribution in [2.75, 3.05) is 19.4 Å². The van der Waals surface area contributed by atoms with Crippen molar-refractivity contribution in [3.05, 3.63) is 29.6 Å². The molecular formula is C11H15FN2O2. The van der Waals surface area contributed by atoms with Crippen LogP contribution in [-0.4, -0.2) is 25.7 Å². The van der Waals surface area contributed by atoms with Crippen LogP contribution >= 0.6 is 0 Å². The zero-order chi connectivity index (χ0) is 12.1. The number of carbonyl (C=O) groups excluding carboxylic acids is 1. The lowest BCUT2D eigenvalue weighted by molar-refractivity contribution is 0.0867. The first-order valence-electron chi connectivity index (χ1n) is 4.90. The Labute approximate surface area is 93.6 Å². The van der Waals surface area contributed by atoms with Crippen molar-refractivity contribution in [1.29, 1.82) is 0 Å². The van der Waals surface area contributed by atoms with Crippen molar-refractivity contribution in [2.45, 2.75) is 13.0 Å². The van der Waals surface area contributed by atoms with Gasteiger partial charge in [0.1, 0.15) is 5.82 Å². The fourth-order valence-corrected chi connectivity index (χ4v) is 1.13. The van der Waals surface area contributed by atoms with E-state index in [0.717, 1.165) is 6.07 Å². The largest absolute Gasteiger partial charge is 0.399 e. The van der Waals surface area contributed by atoms with Gasteiger partial charge in [0.2, 0.25) is 0 Å². The molecule has 0 saturated carbocycles. The van der Waals surface area contributed by atoms with Crippen molar-refractivity contribution in [3.8, 4) is 0 Å². The third kappa shape index (κ3) is 3.20. The van der Waals surface area contributed by atoms with Crippen molar-refractivity contribution >= 4 is 11.6 Å². The van der Waals surface area contributed by atoms with Crippen LogP contribution in [0.4, 0.5) is 10.1 Å². The summed E-state index contributed by atoms with van der Waals surface area (Å²) in [5, 5.41) is 2.57. The number of benzene rings is 1. The lowest BCUT2D eigenvalue weighted by Crippen LogP contribution is -2.32. The molecule has 0 aromatic heterocycles. The van der Waals surface area contributed by atoms with Crippen LogP contribution < -0.4 is 11.1 Å². The lowest BCUT2D eigenvalue weighted by Gasteiger charge is -2.11. The third-order valence-corrected chi connectivity index (χ3v) is 2.19. The maximum Gasteiger partial charge on any atom is 0.254 e. The maximum atomic E-state index is 13.3. The first-order valence-corrected chi connectivity index (χ1v) is 4.90. The van der Waals surface area contributed by atoms with E-state index in [1.807, 2.05) is 0 Å². The number of halogens is 1. The molecule has 0 aliphatic carbocycles. The van der Waals surface area contributed by atoms with Crippen molar-refractivity contribution in [1.82, 2.24) is 5.32 Å². The standard InChI is InChI=1S/C11H15FN2O2/c1-7(16-2)6-14-11(15)9-4-3-8(13)5-10(9)12/h3-5,7H,6,13H2,1-2H3,(H,14,15). The highest BCUT2D eigenvalue weighted by molar-refractivity contribution is 5.94. The summed E-state index contributed by atoms with van der Waals surface area (Å²) in [6.07, 6.45) is -0.110.